The highest BCUT2D eigenvalue weighted by atomic mass is 32.2. The Kier molecular flexibility index (Phi) is 2.54. The highest BCUT2D eigenvalue weighted by molar-refractivity contribution is 7.90. The van der Waals surface area contributed by atoms with E-state index in [0.717, 1.165) is 17.4 Å². The molecule has 0 spiro atoms. The molecule has 0 unspecified atom stereocenters. The van der Waals surface area contributed by atoms with Gasteiger partial charge in [-0.25, -0.2) is 8.42 Å². The number of aryl methyl sites for hydroxylation is 1. The summed E-state index contributed by atoms with van der Waals surface area (Å²) in [5.74, 6) is -0.826. The summed E-state index contributed by atoms with van der Waals surface area (Å²) in [7, 11) is -3.23. The molecule has 1 fully saturated rings. The fourth-order valence-electron chi connectivity index (χ4n) is 2.13. The first-order valence-corrected chi connectivity index (χ1v) is 7.21. The molecule has 5 heteroatoms. The third kappa shape index (κ3) is 1.95. The molecule has 1 aromatic carbocycles. The van der Waals surface area contributed by atoms with Crippen molar-refractivity contribution < 1.29 is 18.3 Å². The number of rotatable bonds is 3. The maximum absolute atomic E-state index is 11.4. The SMILES string of the molecule is Cc1cc(S(C)(=O)=O)ccc1C1(C(=O)O)CC1. The van der Waals surface area contributed by atoms with E-state index >= 15 is 0 Å². The fraction of sp³-hybridized carbons (Fsp3) is 0.417. The number of sulfone groups is 1. The maximum Gasteiger partial charge on any atom is 0.314 e. The van der Waals surface area contributed by atoms with Gasteiger partial charge >= 0.3 is 5.97 Å². The highest BCUT2D eigenvalue weighted by Gasteiger charge is 2.52. The van der Waals surface area contributed by atoms with E-state index in [1.165, 1.54) is 6.07 Å². The Labute approximate surface area is 100 Å². The van der Waals surface area contributed by atoms with E-state index in [1.54, 1.807) is 19.1 Å². The Morgan fingerprint density at radius 2 is 1.94 bits per heavy atom. The zero-order valence-corrected chi connectivity index (χ0v) is 10.5. The topological polar surface area (TPSA) is 71.4 Å². The molecule has 0 saturated heterocycles. The number of benzene rings is 1. The van der Waals surface area contributed by atoms with Gasteiger partial charge in [0, 0.05) is 6.26 Å². The van der Waals surface area contributed by atoms with Crippen LogP contribution in [0.15, 0.2) is 23.1 Å². The van der Waals surface area contributed by atoms with Crippen LogP contribution >= 0.6 is 0 Å². The van der Waals surface area contributed by atoms with Gasteiger partial charge in [0.1, 0.15) is 0 Å². The van der Waals surface area contributed by atoms with Crippen LogP contribution in [-0.4, -0.2) is 25.7 Å². The summed E-state index contributed by atoms with van der Waals surface area (Å²) in [5.41, 5.74) is 0.686. The lowest BCUT2D eigenvalue weighted by Crippen LogP contribution is -2.20. The lowest BCUT2D eigenvalue weighted by atomic mass is 9.92. The minimum Gasteiger partial charge on any atom is -0.481 e. The molecule has 1 aliphatic rings. The van der Waals surface area contributed by atoms with Crippen LogP contribution in [0, 0.1) is 6.92 Å². The Bertz CT molecular complexity index is 583. The summed E-state index contributed by atoms with van der Waals surface area (Å²) in [6.07, 6.45) is 2.40. The Balaban J connectivity index is 2.51. The second-order valence-electron chi connectivity index (χ2n) is 4.64. The largest absolute Gasteiger partial charge is 0.481 e. The van der Waals surface area contributed by atoms with Crippen molar-refractivity contribution in [2.75, 3.05) is 6.26 Å². The zero-order valence-electron chi connectivity index (χ0n) is 9.73. The van der Waals surface area contributed by atoms with Crippen LogP contribution < -0.4 is 0 Å². The molecule has 1 N–H and O–H groups in total. The molecule has 0 heterocycles. The number of carboxylic acid groups (broad SMARTS) is 1. The lowest BCUT2D eigenvalue weighted by molar-refractivity contribution is -0.140. The van der Waals surface area contributed by atoms with Gasteiger partial charge in [0.2, 0.25) is 0 Å². The smallest absolute Gasteiger partial charge is 0.314 e. The van der Waals surface area contributed by atoms with Gasteiger partial charge in [-0.05, 0) is 43.0 Å². The number of carboxylic acids is 1. The normalized spacial score (nSPS) is 17.8. The predicted octanol–water partition coefficient (Wildman–Crippen LogP) is 1.51. The molecule has 17 heavy (non-hydrogen) atoms. The van der Waals surface area contributed by atoms with Crippen molar-refractivity contribution >= 4 is 15.8 Å². The summed E-state index contributed by atoms with van der Waals surface area (Å²) in [6.45, 7) is 1.76. The summed E-state index contributed by atoms with van der Waals surface area (Å²) < 4.78 is 22.8. The fourth-order valence-corrected chi connectivity index (χ4v) is 2.83. The van der Waals surface area contributed by atoms with Gasteiger partial charge in [0.25, 0.3) is 0 Å². The molecular weight excluding hydrogens is 240 g/mol. The van der Waals surface area contributed by atoms with E-state index in [-0.39, 0.29) is 4.90 Å². The second-order valence-corrected chi connectivity index (χ2v) is 6.65. The van der Waals surface area contributed by atoms with E-state index in [2.05, 4.69) is 0 Å². The average molecular weight is 254 g/mol. The third-order valence-corrected chi connectivity index (χ3v) is 4.41. The van der Waals surface area contributed by atoms with Gasteiger partial charge in [0.05, 0.1) is 10.3 Å². The van der Waals surface area contributed by atoms with E-state index < -0.39 is 21.2 Å². The van der Waals surface area contributed by atoms with Crippen LogP contribution in [0.25, 0.3) is 0 Å². The van der Waals surface area contributed by atoms with Gasteiger partial charge < -0.3 is 5.11 Å². The van der Waals surface area contributed by atoms with Crippen LogP contribution in [0.2, 0.25) is 0 Å². The predicted molar refractivity (Wildman–Crippen MR) is 62.8 cm³/mol. The van der Waals surface area contributed by atoms with Crippen LogP contribution in [0.4, 0.5) is 0 Å². The van der Waals surface area contributed by atoms with Crippen molar-refractivity contribution in [3.05, 3.63) is 29.3 Å². The molecule has 0 radical (unpaired) electrons. The van der Waals surface area contributed by atoms with Crippen molar-refractivity contribution in [2.45, 2.75) is 30.1 Å². The highest BCUT2D eigenvalue weighted by Crippen LogP contribution is 2.49. The quantitative estimate of drug-likeness (QED) is 0.887. The van der Waals surface area contributed by atoms with Crippen LogP contribution in [0.3, 0.4) is 0 Å². The molecule has 0 aromatic heterocycles. The minimum atomic E-state index is -3.23. The number of aliphatic carboxylic acids is 1. The molecule has 92 valence electrons. The monoisotopic (exact) mass is 254 g/mol. The Morgan fingerprint density at radius 1 is 1.35 bits per heavy atom. The lowest BCUT2D eigenvalue weighted by Gasteiger charge is -2.14. The molecular formula is C12H14O4S. The summed E-state index contributed by atoms with van der Waals surface area (Å²) in [5, 5.41) is 9.19. The first kappa shape index (κ1) is 12.1. The summed E-state index contributed by atoms with van der Waals surface area (Å²) in [4.78, 5) is 11.4. The molecule has 0 amide bonds. The first-order chi connectivity index (χ1) is 7.77. The third-order valence-electron chi connectivity index (χ3n) is 3.30. The number of hydrogen-bond donors (Lipinski definition) is 1. The van der Waals surface area contributed by atoms with E-state index in [4.69, 9.17) is 0 Å². The standard InChI is InChI=1S/C12H14O4S/c1-8-7-9(17(2,15)16)3-4-10(8)12(5-6-12)11(13)14/h3-4,7H,5-6H2,1-2H3,(H,13,14). The van der Waals surface area contributed by atoms with Crippen LogP contribution in [0.5, 0.6) is 0 Å². The van der Waals surface area contributed by atoms with E-state index in [0.29, 0.717) is 12.8 Å². The van der Waals surface area contributed by atoms with Gasteiger partial charge in [0.15, 0.2) is 9.84 Å². The molecule has 0 bridgehead atoms. The molecule has 1 aromatic rings. The van der Waals surface area contributed by atoms with E-state index in [1.807, 2.05) is 0 Å². The number of hydrogen-bond acceptors (Lipinski definition) is 3. The van der Waals surface area contributed by atoms with Gasteiger partial charge in [-0.2, -0.15) is 0 Å². The van der Waals surface area contributed by atoms with Gasteiger partial charge in [-0.1, -0.05) is 6.07 Å². The molecule has 2 rings (SSSR count). The van der Waals surface area contributed by atoms with Crippen molar-refractivity contribution in [3.63, 3.8) is 0 Å². The second kappa shape index (κ2) is 3.57. The number of carbonyl (C=O) groups is 1. The van der Waals surface area contributed by atoms with Crippen LogP contribution in [0.1, 0.15) is 24.0 Å². The van der Waals surface area contributed by atoms with E-state index in [9.17, 15) is 18.3 Å². The molecule has 1 aliphatic carbocycles. The Morgan fingerprint density at radius 3 is 2.29 bits per heavy atom. The Hall–Kier alpha value is -1.36. The molecule has 0 aliphatic heterocycles. The minimum absolute atomic E-state index is 0.236. The molecule has 4 nitrogen and oxygen atoms in total. The van der Waals surface area contributed by atoms with Crippen molar-refractivity contribution in [3.8, 4) is 0 Å². The van der Waals surface area contributed by atoms with Crippen LogP contribution in [-0.2, 0) is 20.0 Å². The average Bonchev–Trinajstić information content (AvgIpc) is 2.96. The summed E-state index contributed by atoms with van der Waals surface area (Å²) in [6, 6.07) is 4.67. The molecule has 1 saturated carbocycles. The maximum atomic E-state index is 11.4. The zero-order chi connectivity index (χ0) is 12.8. The summed E-state index contributed by atoms with van der Waals surface area (Å²) >= 11 is 0. The molecule has 0 atom stereocenters. The van der Waals surface area contributed by atoms with Crippen molar-refractivity contribution in [1.29, 1.82) is 0 Å². The van der Waals surface area contributed by atoms with Crippen molar-refractivity contribution in [1.82, 2.24) is 0 Å². The van der Waals surface area contributed by atoms with Crippen molar-refractivity contribution in [2.24, 2.45) is 0 Å². The van der Waals surface area contributed by atoms with Gasteiger partial charge in [-0.15, -0.1) is 0 Å². The van der Waals surface area contributed by atoms with Gasteiger partial charge in [-0.3, -0.25) is 4.79 Å². The first-order valence-electron chi connectivity index (χ1n) is 5.32.